The third-order valence-corrected chi connectivity index (χ3v) is 5.78. The number of likely N-dealkylation sites (tertiary alicyclic amines) is 1. The van der Waals surface area contributed by atoms with Crippen LogP contribution in [0.25, 0.3) is 17.0 Å². The van der Waals surface area contributed by atoms with Gasteiger partial charge in [0.1, 0.15) is 6.10 Å². The second-order valence-corrected chi connectivity index (χ2v) is 7.93. The predicted molar refractivity (Wildman–Crippen MR) is 117 cm³/mol. The zero-order valence-corrected chi connectivity index (χ0v) is 18.4. The van der Waals surface area contributed by atoms with E-state index in [9.17, 15) is 14.4 Å². The van der Waals surface area contributed by atoms with Crippen molar-refractivity contribution >= 4 is 34.8 Å². The normalized spacial score (nSPS) is 16.8. The number of methoxy groups -OCH3 is 1. The maximum absolute atomic E-state index is 12.6. The van der Waals surface area contributed by atoms with Crippen LogP contribution in [-0.4, -0.2) is 47.9 Å². The SMILES string of the molecule is COC(=O)C1(C=Cc2ccc3ccc(C(C)OC(C)=O)nc3c2)CCN(C(C)=O)CC1. The maximum atomic E-state index is 12.6. The first-order valence-electron chi connectivity index (χ1n) is 10.4. The first-order chi connectivity index (χ1) is 14.7. The fourth-order valence-electron chi connectivity index (χ4n) is 3.91. The quantitative estimate of drug-likeness (QED) is 0.681. The Balaban J connectivity index is 1.86. The van der Waals surface area contributed by atoms with Crippen LogP contribution in [0, 0.1) is 5.41 Å². The lowest BCUT2D eigenvalue weighted by Gasteiger charge is -2.37. The van der Waals surface area contributed by atoms with Crippen molar-refractivity contribution in [1.29, 1.82) is 0 Å². The number of piperidine rings is 1. The van der Waals surface area contributed by atoms with E-state index in [1.165, 1.54) is 14.0 Å². The van der Waals surface area contributed by atoms with Gasteiger partial charge < -0.3 is 14.4 Å². The highest BCUT2D eigenvalue weighted by Crippen LogP contribution is 2.35. The van der Waals surface area contributed by atoms with Crippen LogP contribution in [0.1, 0.15) is 51.0 Å². The Labute approximate surface area is 182 Å². The van der Waals surface area contributed by atoms with Crippen LogP contribution in [0.15, 0.2) is 36.4 Å². The molecular formula is C24H28N2O5. The molecule has 1 atom stereocenters. The van der Waals surface area contributed by atoms with E-state index in [4.69, 9.17) is 9.47 Å². The molecule has 0 N–H and O–H groups in total. The summed E-state index contributed by atoms with van der Waals surface area (Å²) in [6.07, 6.45) is 4.40. The van der Waals surface area contributed by atoms with Gasteiger partial charge in [-0.05, 0) is 37.5 Å². The number of carbonyl (C=O) groups is 3. The molecule has 1 aliphatic rings. The monoisotopic (exact) mass is 424 g/mol. The number of aromatic nitrogens is 1. The maximum Gasteiger partial charge on any atom is 0.315 e. The van der Waals surface area contributed by atoms with Crippen LogP contribution in [0.2, 0.25) is 0 Å². The third kappa shape index (κ3) is 5.10. The third-order valence-electron chi connectivity index (χ3n) is 5.78. The lowest BCUT2D eigenvalue weighted by Crippen LogP contribution is -2.45. The van der Waals surface area contributed by atoms with E-state index in [0.717, 1.165) is 16.5 Å². The van der Waals surface area contributed by atoms with E-state index >= 15 is 0 Å². The van der Waals surface area contributed by atoms with Crippen molar-refractivity contribution in [3.63, 3.8) is 0 Å². The highest BCUT2D eigenvalue weighted by atomic mass is 16.5. The fraction of sp³-hybridized carbons (Fsp3) is 0.417. The van der Waals surface area contributed by atoms with Gasteiger partial charge in [-0.15, -0.1) is 0 Å². The number of hydrogen-bond donors (Lipinski definition) is 0. The minimum atomic E-state index is -0.755. The van der Waals surface area contributed by atoms with Gasteiger partial charge >= 0.3 is 11.9 Å². The van der Waals surface area contributed by atoms with E-state index in [0.29, 0.717) is 31.6 Å². The van der Waals surface area contributed by atoms with Crippen molar-refractivity contribution < 1.29 is 23.9 Å². The molecule has 3 rings (SSSR count). The summed E-state index contributed by atoms with van der Waals surface area (Å²) in [6, 6.07) is 9.65. The number of amides is 1. The lowest BCUT2D eigenvalue weighted by atomic mass is 9.77. The Hall–Kier alpha value is -3.22. The number of carbonyl (C=O) groups excluding carboxylic acids is 3. The second kappa shape index (κ2) is 9.29. The summed E-state index contributed by atoms with van der Waals surface area (Å²) in [5.74, 6) is -0.625. The van der Waals surface area contributed by atoms with Crippen molar-refractivity contribution in [2.75, 3.05) is 20.2 Å². The molecule has 31 heavy (non-hydrogen) atoms. The number of ether oxygens (including phenoxy) is 2. The van der Waals surface area contributed by atoms with Gasteiger partial charge in [-0.25, -0.2) is 4.98 Å². The molecule has 1 fully saturated rings. The first kappa shape index (κ1) is 22.5. The summed E-state index contributed by atoms with van der Waals surface area (Å²) >= 11 is 0. The van der Waals surface area contributed by atoms with Crippen LogP contribution >= 0.6 is 0 Å². The molecule has 1 unspecified atom stereocenters. The Kier molecular flexibility index (Phi) is 6.73. The van der Waals surface area contributed by atoms with Gasteiger partial charge in [0.05, 0.1) is 23.7 Å². The lowest BCUT2D eigenvalue weighted by molar-refractivity contribution is -0.153. The molecule has 7 heteroatoms. The molecule has 1 saturated heterocycles. The van der Waals surface area contributed by atoms with Crippen LogP contribution < -0.4 is 0 Å². The van der Waals surface area contributed by atoms with E-state index in [2.05, 4.69) is 4.98 Å². The van der Waals surface area contributed by atoms with E-state index in [1.54, 1.807) is 18.7 Å². The molecule has 0 saturated carbocycles. The van der Waals surface area contributed by atoms with Crippen molar-refractivity contribution in [2.24, 2.45) is 5.41 Å². The number of hydrogen-bond acceptors (Lipinski definition) is 6. The molecule has 1 aromatic carbocycles. The second-order valence-electron chi connectivity index (χ2n) is 7.93. The van der Waals surface area contributed by atoms with E-state index in [1.807, 2.05) is 42.5 Å². The smallest absolute Gasteiger partial charge is 0.315 e. The fourth-order valence-corrected chi connectivity index (χ4v) is 3.91. The number of esters is 2. The average Bonchev–Trinajstić information content (AvgIpc) is 2.76. The topological polar surface area (TPSA) is 85.8 Å². The highest BCUT2D eigenvalue weighted by molar-refractivity contribution is 5.84. The Morgan fingerprint density at radius 2 is 1.81 bits per heavy atom. The van der Waals surface area contributed by atoms with Crippen molar-refractivity contribution in [2.45, 2.75) is 39.7 Å². The van der Waals surface area contributed by atoms with Crippen molar-refractivity contribution in [3.05, 3.63) is 47.7 Å². The summed E-state index contributed by atoms with van der Waals surface area (Å²) in [7, 11) is 1.39. The summed E-state index contributed by atoms with van der Waals surface area (Å²) < 4.78 is 10.3. The Bertz CT molecular complexity index is 1020. The van der Waals surface area contributed by atoms with Crippen molar-refractivity contribution in [3.8, 4) is 0 Å². The molecular weight excluding hydrogens is 396 g/mol. The van der Waals surface area contributed by atoms with Gasteiger partial charge in [0.25, 0.3) is 0 Å². The number of rotatable bonds is 5. The van der Waals surface area contributed by atoms with Crippen LogP contribution in [-0.2, 0) is 23.9 Å². The largest absolute Gasteiger partial charge is 0.468 e. The average molecular weight is 424 g/mol. The summed E-state index contributed by atoms with van der Waals surface area (Å²) in [5, 5.41) is 0.966. The first-order valence-corrected chi connectivity index (χ1v) is 10.4. The van der Waals surface area contributed by atoms with Gasteiger partial charge in [-0.2, -0.15) is 0 Å². The van der Waals surface area contributed by atoms with Gasteiger partial charge in [0, 0.05) is 32.3 Å². The molecule has 0 spiro atoms. The summed E-state index contributed by atoms with van der Waals surface area (Å²) in [4.78, 5) is 41.8. The van der Waals surface area contributed by atoms with E-state index in [-0.39, 0.29) is 17.8 Å². The molecule has 0 bridgehead atoms. The van der Waals surface area contributed by atoms with Crippen LogP contribution in [0.3, 0.4) is 0 Å². The molecule has 2 heterocycles. The number of benzene rings is 1. The van der Waals surface area contributed by atoms with Crippen molar-refractivity contribution in [1.82, 2.24) is 9.88 Å². The van der Waals surface area contributed by atoms with Gasteiger partial charge in [0.2, 0.25) is 5.91 Å². The van der Waals surface area contributed by atoms with Gasteiger partial charge in [-0.1, -0.05) is 30.4 Å². The Morgan fingerprint density at radius 3 is 2.42 bits per heavy atom. The molecule has 7 nitrogen and oxygen atoms in total. The van der Waals surface area contributed by atoms with Gasteiger partial charge in [0.15, 0.2) is 0 Å². The molecule has 0 radical (unpaired) electrons. The molecule has 0 aliphatic carbocycles. The standard InChI is InChI=1S/C24H28N2O5/c1-16(31-18(3)28)21-8-7-20-6-5-19(15-22(20)25-21)9-10-24(23(29)30-4)11-13-26(14-12-24)17(2)27/h5-10,15-16H,11-14H2,1-4H3. The summed E-state index contributed by atoms with van der Waals surface area (Å²) in [5.41, 5.74) is 1.59. The number of fused-ring (bicyclic) bond motifs is 1. The Morgan fingerprint density at radius 1 is 1.13 bits per heavy atom. The van der Waals surface area contributed by atoms with Crippen LogP contribution in [0.4, 0.5) is 0 Å². The molecule has 164 valence electrons. The molecule has 2 aromatic rings. The molecule has 1 aromatic heterocycles. The van der Waals surface area contributed by atoms with E-state index < -0.39 is 11.5 Å². The van der Waals surface area contributed by atoms with Crippen LogP contribution in [0.5, 0.6) is 0 Å². The molecule has 1 aliphatic heterocycles. The molecule has 1 amide bonds. The summed E-state index contributed by atoms with van der Waals surface area (Å²) in [6.45, 7) is 5.74. The highest BCUT2D eigenvalue weighted by Gasteiger charge is 2.40. The predicted octanol–water partition coefficient (Wildman–Crippen LogP) is 3.67. The minimum absolute atomic E-state index is 0.0156. The minimum Gasteiger partial charge on any atom is -0.468 e. The zero-order chi connectivity index (χ0) is 22.6. The zero-order valence-electron chi connectivity index (χ0n) is 18.4. The van der Waals surface area contributed by atoms with Gasteiger partial charge in [-0.3, -0.25) is 14.4 Å². The number of pyridine rings is 1. The number of nitrogens with zero attached hydrogens (tertiary/aromatic N) is 2.